The first-order chi connectivity index (χ1) is 9.58. The lowest BCUT2D eigenvalue weighted by Gasteiger charge is -2.10. The minimum Gasteiger partial charge on any atom is -0.479 e. The van der Waals surface area contributed by atoms with E-state index in [-0.39, 0.29) is 18.0 Å². The molecular formula is C14H12ClFN2O2. The molecule has 2 aromatic rings. The van der Waals surface area contributed by atoms with Gasteiger partial charge in [-0.3, -0.25) is 4.79 Å². The van der Waals surface area contributed by atoms with Gasteiger partial charge >= 0.3 is 0 Å². The molecule has 0 unspecified atom stereocenters. The first-order valence-electron chi connectivity index (χ1n) is 5.79. The summed E-state index contributed by atoms with van der Waals surface area (Å²) < 4.78 is 18.5. The van der Waals surface area contributed by atoms with Gasteiger partial charge in [0.1, 0.15) is 0 Å². The summed E-state index contributed by atoms with van der Waals surface area (Å²) in [5.41, 5.74) is 6.16. The lowest BCUT2D eigenvalue weighted by Crippen LogP contribution is -2.21. The number of hydrogen-bond acceptors (Lipinski definition) is 3. The highest BCUT2D eigenvalue weighted by molar-refractivity contribution is 6.33. The van der Waals surface area contributed by atoms with E-state index in [4.69, 9.17) is 22.1 Å². The summed E-state index contributed by atoms with van der Waals surface area (Å²) in [6, 6.07) is 10.9. The number of carbonyl (C=O) groups excluding carboxylic acids is 1. The van der Waals surface area contributed by atoms with E-state index in [9.17, 15) is 9.18 Å². The van der Waals surface area contributed by atoms with E-state index in [1.54, 1.807) is 24.3 Å². The van der Waals surface area contributed by atoms with Gasteiger partial charge in [-0.05, 0) is 24.3 Å². The van der Waals surface area contributed by atoms with Crippen molar-refractivity contribution in [2.45, 2.75) is 0 Å². The molecule has 0 saturated heterocycles. The van der Waals surface area contributed by atoms with E-state index in [2.05, 4.69) is 5.32 Å². The highest BCUT2D eigenvalue weighted by atomic mass is 35.5. The molecule has 2 rings (SSSR count). The van der Waals surface area contributed by atoms with Crippen molar-refractivity contribution in [3.8, 4) is 5.75 Å². The third-order valence-electron chi connectivity index (χ3n) is 2.49. The Morgan fingerprint density at radius 3 is 2.70 bits per heavy atom. The van der Waals surface area contributed by atoms with E-state index < -0.39 is 11.7 Å². The van der Waals surface area contributed by atoms with Gasteiger partial charge in [0.05, 0.1) is 16.4 Å². The summed E-state index contributed by atoms with van der Waals surface area (Å²) >= 11 is 5.90. The molecule has 0 saturated carbocycles. The second-order valence-corrected chi connectivity index (χ2v) is 4.38. The molecule has 0 aliphatic heterocycles. The number of amides is 1. The molecule has 0 aliphatic carbocycles. The van der Waals surface area contributed by atoms with Crippen LogP contribution in [0.25, 0.3) is 0 Å². The van der Waals surface area contributed by atoms with Gasteiger partial charge in [-0.25, -0.2) is 4.39 Å². The van der Waals surface area contributed by atoms with E-state index in [1.807, 2.05) is 0 Å². The molecule has 0 fully saturated rings. The van der Waals surface area contributed by atoms with Crippen LogP contribution in [0.15, 0.2) is 42.5 Å². The summed E-state index contributed by atoms with van der Waals surface area (Å²) in [6.07, 6.45) is 0. The molecular weight excluding hydrogens is 283 g/mol. The maximum Gasteiger partial charge on any atom is 0.262 e. The van der Waals surface area contributed by atoms with E-state index in [0.29, 0.717) is 10.7 Å². The van der Waals surface area contributed by atoms with Crippen molar-refractivity contribution in [1.82, 2.24) is 0 Å². The van der Waals surface area contributed by atoms with Crippen molar-refractivity contribution in [1.29, 1.82) is 0 Å². The van der Waals surface area contributed by atoms with Crippen LogP contribution >= 0.6 is 11.6 Å². The third kappa shape index (κ3) is 3.39. The summed E-state index contributed by atoms with van der Waals surface area (Å²) in [4.78, 5) is 11.7. The molecule has 0 aliphatic rings. The average Bonchev–Trinajstić information content (AvgIpc) is 2.41. The monoisotopic (exact) mass is 294 g/mol. The van der Waals surface area contributed by atoms with Gasteiger partial charge in [0, 0.05) is 0 Å². The quantitative estimate of drug-likeness (QED) is 0.852. The molecule has 104 valence electrons. The molecule has 0 atom stereocenters. The van der Waals surface area contributed by atoms with E-state index in [0.717, 1.165) is 0 Å². The smallest absolute Gasteiger partial charge is 0.262 e. The molecule has 0 radical (unpaired) electrons. The van der Waals surface area contributed by atoms with Crippen molar-refractivity contribution in [2.24, 2.45) is 0 Å². The van der Waals surface area contributed by atoms with Crippen molar-refractivity contribution in [3.05, 3.63) is 53.3 Å². The summed E-state index contributed by atoms with van der Waals surface area (Å²) in [7, 11) is 0. The summed E-state index contributed by atoms with van der Waals surface area (Å²) in [5, 5.41) is 2.97. The Morgan fingerprint density at radius 1 is 1.25 bits per heavy atom. The Bertz CT molecular complexity index is 614. The number of nitrogen functional groups attached to an aromatic ring is 1. The lowest BCUT2D eigenvalue weighted by molar-refractivity contribution is -0.118. The van der Waals surface area contributed by atoms with E-state index in [1.165, 1.54) is 18.2 Å². The van der Waals surface area contributed by atoms with Crippen LogP contribution in [0, 0.1) is 5.82 Å². The van der Waals surface area contributed by atoms with Crippen LogP contribution in [0.2, 0.25) is 5.02 Å². The highest BCUT2D eigenvalue weighted by Gasteiger charge is 2.11. The van der Waals surface area contributed by atoms with Gasteiger partial charge in [0.15, 0.2) is 18.2 Å². The number of para-hydroxylation sites is 2. The number of hydrogen-bond donors (Lipinski definition) is 2. The fourth-order valence-electron chi connectivity index (χ4n) is 1.56. The Hall–Kier alpha value is -2.27. The number of carbonyl (C=O) groups is 1. The number of ether oxygens (including phenoxy) is 1. The van der Waals surface area contributed by atoms with Gasteiger partial charge in [-0.15, -0.1) is 0 Å². The minimum absolute atomic E-state index is 0.135. The Balaban J connectivity index is 1.98. The maximum atomic E-state index is 13.4. The standard InChI is InChI=1S/C14H12ClFN2O2/c15-9-4-1-2-7-12(9)18-13(19)8-20-14-10(16)5-3-6-11(14)17/h1-7H,8,17H2,(H,18,19). The minimum atomic E-state index is -0.615. The van der Waals surface area contributed by atoms with Gasteiger partial charge in [0.2, 0.25) is 0 Å². The second-order valence-electron chi connectivity index (χ2n) is 3.97. The number of halogens is 2. The SMILES string of the molecule is Nc1cccc(F)c1OCC(=O)Nc1ccccc1Cl. The van der Waals surface area contributed by atoms with Crippen LogP contribution in [0.1, 0.15) is 0 Å². The third-order valence-corrected chi connectivity index (χ3v) is 2.82. The number of nitrogens with two attached hydrogens (primary N) is 1. The van der Waals surface area contributed by atoms with Crippen molar-refractivity contribution >= 4 is 28.9 Å². The number of anilines is 2. The predicted octanol–water partition coefficient (Wildman–Crippen LogP) is 3.08. The first kappa shape index (κ1) is 14.1. The van der Waals surface area contributed by atoms with Crippen LogP contribution in [-0.4, -0.2) is 12.5 Å². The fourth-order valence-corrected chi connectivity index (χ4v) is 1.75. The topological polar surface area (TPSA) is 64.3 Å². The first-order valence-corrected chi connectivity index (χ1v) is 6.17. The highest BCUT2D eigenvalue weighted by Crippen LogP contribution is 2.25. The number of nitrogens with one attached hydrogen (secondary N) is 1. The van der Waals surface area contributed by atoms with Crippen LogP contribution in [0.5, 0.6) is 5.75 Å². The summed E-state index contributed by atoms with van der Waals surface area (Å²) in [5.74, 6) is -1.21. The molecule has 0 heterocycles. The van der Waals surface area contributed by atoms with Gasteiger partial charge in [0.25, 0.3) is 5.91 Å². The molecule has 0 bridgehead atoms. The average molecular weight is 295 g/mol. The number of rotatable bonds is 4. The molecule has 0 spiro atoms. The zero-order valence-electron chi connectivity index (χ0n) is 10.4. The molecule has 20 heavy (non-hydrogen) atoms. The van der Waals surface area contributed by atoms with Crippen LogP contribution < -0.4 is 15.8 Å². The zero-order valence-corrected chi connectivity index (χ0v) is 11.2. The Morgan fingerprint density at radius 2 is 2.00 bits per heavy atom. The lowest BCUT2D eigenvalue weighted by atomic mass is 10.3. The largest absolute Gasteiger partial charge is 0.479 e. The molecule has 1 amide bonds. The van der Waals surface area contributed by atoms with Crippen molar-refractivity contribution < 1.29 is 13.9 Å². The molecule has 6 heteroatoms. The second kappa shape index (κ2) is 6.25. The predicted molar refractivity (Wildman–Crippen MR) is 76.4 cm³/mol. The van der Waals surface area contributed by atoms with E-state index >= 15 is 0 Å². The Kier molecular flexibility index (Phi) is 4.42. The van der Waals surface area contributed by atoms with Crippen LogP contribution in [0.3, 0.4) is 0 Å². The Labute approximate surface area is 120 Å². The summed E-state index contributed by atoms with van der Waals surface area (Å²) in [6.45, 7) is -0.365. The normalized spacial score (nSPS) is 10.1. The molecule has 3 N–H and O–H groups in total. The maximum absolute atomic E-state index is 13.4. The molecule has 2 aromatic carbocycles. The van der Waals surface area contributed by atoms with Gasteiger partial charge < -0.3 is 15.8 Å². The van der Waals surface area contributed by atoms with Gasteiger partial charge in [-0.2, -0.15) is 0 Å². The van der Waals surface area contributed by atoms with Crippen molar-refractivity contribution in [3.63, 3.8) is 0 Å². The molecule has 4 nitrogen and oxygen atoms in total. The van der Waals surface area contributed by atoms with Crippen LogP contribution in [0.4, 0.5) is 15.8 Å². The number of benzene rings is 2. The van der Waals surface area contributed by atoms with Crippen molar-refractivity contribution in [2.75, 3.05) is 17.7 Å². The fraction of sp³-hybridized carbons (Fsp3) is 0.0714. The van der Waals surface area contributed by atoms with Crippen LogP contribution in [-0.2, 0) is 4.79 Å². The molecule has 0 aromatic heterocycles. The van der Waals surface area contributed by atoms with Gasteiger partial charge in [-0.1, -0.05) is 29.8 Å². The zero-order chi connectivity index (χ0) is 14.5.